The van der Waals surface area contributed by atoms with Crippen molar-refractivity contribution in [3.63, 3.8) is 0 Å². The molecule has 0 aromatic carbocycles. The Labute approximate surface area is 125 Å². The Hall–Kier alpha value is -0.960. The number of rotatable bonds is 4. The minimum atomic E-state index is -3.55. The van der Waals surface area contributed by atoms with E-state index in [1.165, 1.54) is 0 Å². The molecule has 0 spiro atoms. The van der Waals surface area contributed by atoms with Gasteiger partial charge < -0.3 is 10.1 Å². The van der Waals surface area contributed by atoms with Crippen LogP contribution in [0.1, 0.15) is 31.2 Å². The summed E-state index contributed by atoms with van der Waals surface area (Å²) in [6.45, 7) is 1.36. The van der Waals surface area contributed by atoms with Gasteiger partial charge in [-0.05, 0) is 19.9 Å². The third kappa shape index (κ3) is 2.73. The molecule has 2 aliphatic rings. The molecule has 7 nitrogen and oxygen atoms in total. The van der Waals surface area contributed by atoms with Crippen molar-refractivity contribution in [2.24, 2.45) is 0 Å². The lowest BCUT2D eigenvalue weighted by atomic mass is 9.91. The topological polar surface area (TPSA) is 87.3 Å². The summed E-state index contributed by atoms with van der Waals surface area (Å²) in [5, 5.41) is 9.75. The van der Waals surface area contributed by atoms with E-state index in [9.17, 15) is 8.42 Å². The van der Waals surface area contributed by atoms with E-state index in [1.54, 1.807) is 17.5 Å². The van der Waals surface area contributed by atoms with Gasteiger partial charge in [-0.3, -0.25) is 5.10 Å². The predicted octanol–water partition coefficient (Wildman–Crippen LogP) is 0.461. The summed E-state index contributed by atoms with van der Waals surface area (Å²) in [4.78, 5) is 0. The van der Waals surface area contributed by atoms with E-state index in [-0.39, 0.29) is 17.2 Å². The van der Waals surface area contributed by atoms with E-state index in [0.29, 0.717) is 25.3 Å². The number of hydrogen-bond donors (Lipinski definition) is 2. The summed E-state index contributed by atoms with van der Waals surface area (Å²) in [6.07, 6.45) is 5.61. The van der Waals surface area contributed by atoms with E-state index in [2.05, 4.69) is 15.5 Å². The maximum atomic E-state index is 13.0. The van der Waals surface area contributed by atoms with Crippen LogP contribution in [-0.4, -0.2) is 55.3 Å². The van der Waals surface area contributed by atoms with Gasteiger partial charge in [0.2, 0.25) is 0 Å². The Balaban J connectivity index is 1.91. The molecule has 0 amide bonds. The first-order chi connectivity index (χ1) is 10.1. The first-order valence-electron chi connectivity index (χ1n) is 7.45. The van der Waals surface area contributed by atoms with Crippen LogP contribution in [0.25, 0.3) is 0 Å². The highest BCUT2D eigenvalue weighted by atomic mass is 32.2. The summed E-state index contributed by atoms with van der Waals surface area (Å²) in [5.74, 6) is 0. The van der Waals surface area contributed by atoms with E-state index in [0.717, 1.165) is 25.7 Å². The van der Waals surface area contributed by atoms with Gasteiger partial charge in [0.05, 0.1) is 24.9 Å². The summed E-state index contributed by atoms with van der Waals surface area (Å²) >= 11 is 0. The fourth-order valence-electron chi connectivity index (χ4n) is 3.32. The van der Waals surface area contributed by atoms with Crippen molar-refractivity contribution in [2.45, 2.75) is 49.4 Å². The molecule has 0 bridgehead atoms. The number of fused-ring (bicyclic) bond motifs is 1. The van der Waals surface area contributed by atoms with Crippen molar-refractivity contribution in [2.75, 3.05) is 20.2 Å². The van der Waals surface area contributed by atoms with E-state index >= 15 is 0 Å². The molecule has 2 fully saturated rings. The van der Waals surface area contributed by atoms with Crippen LogP contribution in [0.15, 0.2) is 11.2 Å². The third-order valence-electron chi connectivity index (χ3n) is 4.29. The molecule has 1 aromatic rings. The summed E-state index contributed by atoms with van der Waals surface area (Å²) in [7, 11) is -1.76. The molecule has 1 saturated carbocycles. The number of aromatic nitrogens is 2. The minimum Gasteiger partial charge on any atom is -0.375 e. The Morgan fingerprint density at radius 1 is 1.48 bits per heavy atom. The normalized spacial score (nSPS) is 27.5. The lowest BCUT2D eigenvalue weighted by Crippen LogP contribution is -2.54. The number of sulfonamides is 1. The molecule has 21 heavy (non-hydrogen) atoms. The minimum absolute atomic E-state index is 0.0387. The molecule has 1 aliphatic carbocycles. The number of H-pyrrole nitrogens is 1. The second-order valence-corrected chi connectivity index (χ2v) is 7.46. The predicted molar refractivity (Wildman–Crippen MR) is 77.2 cm³/mol. The maximum absolute atomic E-state index is 13.0. The van der Waals surface area contributed by atoms with Crippen LogP contribution in [-0.2, 0) is 21.3 Å². The van der Waals surface area contributed by atoms with E-state index in [4.69, 9.17) is 4.74 Å². The summed E-state index contributed by atoms with van der Waals surface area (Å²) in [6, 6.07) is -0.0387. The van der Waals surface area contributed by atoms with Crippen molar-refractivity contribution in [3.05, 3.63) is 11.8 Å². The highest BCUT2D eigenvalue weighted by molar-refractivity contribution is 7.89. The number of ether oxygens (including phenoxy) is 1. The van der Waals surface area contributed by atoms with Gasteiger partial charge in [0, 0.05) is 18.7 Å². The molecule has 2 N–H and O–H groups in total. The van der Waals surface area contributed by atoms with Gasteiger partial charge >= 0.3 is 0 Å². The first-order valence-corrected chi connectivity index (χ1v) is 8.89. The zero-order valence-corrected chi connectivity index (χ0v) is 13.0. The molecule has 118 valence electrons. The van der Waals surface area contributed by atoms with Gasteiger partial charge in [0.25, 0.3) is 10.0 Å². The van der Waals surface area contributed by atoms with Crippen molar-refractivity contribution >= 4 is 10.0 Å². The molecule has 3 rings (SSSR count). The molecule has 2 heterocycles. The number of morpholine rings is 1. The zero-order valence-electron chi connectivity index (χ0n) is 12.2. The first kappa shape index (κ1) is 15.0. The largest absolute Gasteiger partial charge is 0.375 e. The summed E-state index contributed by atoms with van der Waals surface area (Å²) in [5.41, 5.74) is 0.677. The van der Waals surface area contributed by atoms with Crippen LogP contribution in [0, 0.1) is 0 Å². The van der Waals surface area contributed by atoms with Gasteiger partial charge in [-0.1, -0.05) is 12.8 Å². The van der Waals surface area contributed by atoms with Crippen molar-refractivity contribution in [1.82, 2.24) is 19.8 Å². The van der Waals surface area contributed by atoms with Crippen LogP contribution in [0.2, 0.25) is 0 Å². The molecule has 0 radical (unpaired) electrons. The van der Waals surface area contributed by atoms with Crippen LogP contribution in [0.4, 0.5) is 0 Å². The Morgan fingerprint density at radius 3 is 3.10 bits per heavy atom. The van der Waals surface area contributed by atoms with E-state index < -0.39 is 10.0 Å². The van der Waals surface area contributed by atoms with Crippen molar-refractivity contribution in [1.29, 1.82) is 0 Å². The van der Waals surface area contributed by atoms with Crippen LogP contribution < -0.4 is 5.32 Å². The molecular formula is C13H22N4O3S. The Kier molecular flexibility index (Phi) is 4.30. The molecule has 1 saturated heterocycles. The summed E-state index contributed by atoms with van der Waals surface area (Å²) < 4.78 is 33.3. The molecule has 2 atom stereocenters. The fraction of sp³-hybridized carbons (Fsp3) is 0.769. The quantitative estimate of drug-likeness (QED) is 0.843. The van der Waals surface area contributed by atoms with Gasteiger partial charge in [0.15, 0.2) is 5.03 Å². The Bertz CT molecular complexity index is 584. The maximum Gasteiger partial charge on any atom is 0.260 e. The highest BCUT2D eigenvalue weighted by Crippen LogP contribution is 2.32. The second-order valence-electron chi connectivity index (χ2n) is 5.63. The van der Waals surface area contributed by atoms with E-state index in [1.807, 2.05) is 0 Å². The van der Waals surface area contributed by atoms with Gasteiger partial charge in [-0.2, -0.15) is 9.40 Å². The average Bonchev–Trinajstić information content (AvgIpc) is 2.96. The lowest BCUT2D eigenvalue weighted by Gasteiger charge is -2.42. The standard InChI is InChI=1S/C13H22N4O3S/c1-14-8-10-9-15-16-13(10)21(18,19)17-6-7-20-12-5-3-2-4-11(12)17/h9,11-12,14H,2-8H2,1H3,(H,15,16). The average molecular weight is 314 g/mol. The Morgan fingerprint density at radius 2 is 2.29 bits per heavy atom. The molecule has 8 heteroatoms. The lowest BCUT2D eigenvalue weighted by molar-refractivity contribution is -0.0586. The van der Waals surface area contributed by atoms with Crippen molar-refractivity contribution < 1.29 is 13.2 Å². The second kappa shape index (κ2) is 6.04. The number of nitrogens with zero attached hydrogens (tertiary/aromatic N) is 2. The monoisotopic (exact) mass is 314 g/mol. The van der Waals surface area contributed by atoms with Crippen LogP contribution in [0.3, 0.4) is 0 Å². The number of hydrogen-bond acceptors (Lipinski definition) is 5. The van der Waals surface area contributed by atoms with Gasteiger partial charge in [-0.15, -0.1) is 0 Å². The highest BCUT2D eigenvalue weighted by Gasteiger charge is 2.42. The van der Waals surface area contributed by atoms with Crippen LogP contribution in [0.5, 0.6) is 0 Å². The molecule has 1 aliphatic heterocycles. The van der Waals surface area contributed by atoms with Gasteiger partial charge in [0.1, 0.15) is 0 Å². The zero-order chi connectivity index (χ0) is 14.9. The van der Waals surface area contributed by atoms with Gasteiger partial charge in [-0.25, -0.2) is 8.42 Å². The SMILES string of the molecule is CNCc1cn[nH]c1S(=O)(=O)N1CCOC2CCCCC21. The number of aromatic amines is 1. The van der Waals surface area contributed by atoms with Crippen molar-refractivity contribution in [3.8, 4) is 0 Å². The number of nitrogens with one attached hydrogen (secondary N) is 2. The van der Waals surface area contributed by atoms with Crippen LogP contribution >= 0.6 is 0 Å². The molecular weight excluding hydrogens is 292 g/mol. The third-order valence-corrected chi connectivity index (χ3v) is 6.23. The smallest absolute Gasteiger partial charge is 0.260 e. The molecule has 2 unspecified atom stereocenters. The fourth-order valence-corrected chi connectivity index (χ4v) is 5.09. The molecule has 1 aromatic heterocycles.